The summed E-state index contributed by atoms with van der Waals surface area (Å²) in [5.41, 5.74) is 2.73. The molecule has 5 heteroatoms. The predicted octanol–water partition coefficient (Wildman–Crippen LogP) is 4.33. The summed E-state index contributed by atoms with van der Waals surface area (Å²) in [5, 5.41) is 0. The largest absolute Gasteiger partial charge is 0.444 e. The number of benzene rings is 1. The third-order valence-corrected chi connectivity index (χ3v) is 5.13. The van der Waals surface area contributed by atoms with Gasteiger partial charge >= 0.3 is 6.09 Å². The van der Waals surface area contributed by atoms with Gasteiger partial charge in [0.15, 0.2) is 0 Å². The lowest BCUT2D eigenvalue weighted by Crippen LogP contribution is -2.43. The number of aryl methyl sites for hydroxylation is 1. The number of piperidine rings is 1. The van der Waals surface area contributed by atoms with E-state index in [2.05, 4.69) is 24.0 Å². The van der Waals surface area contributed by atoms with Crippen LogP contribution in [0.3, 0.4) is 0 Å². The van der Waals surface area contributed by atoms with Crippen LogP contribution in [0.2, 0.25) is 0 Å². The fraction of sp³-hybridized carbons (Fsp3) is 0.579. The number of nitrogens with one attached hydrogen (secondary N) is 1. The molecule has 2 bridgehead atoms. The van der Waals surface area contributed by atoms with E-state index in [1.54, 1.807) is 0 Å². The average molecular weight is 327 g/mol. The first-order valence-corrected chi connectivity index (χ1v) is 8.79. The van der Waals surface area contributed by atoms with Gasteiger partial charge in [-0.15, -0.1) is 0 Å². The molecule has 0 spiro atoms. The fourth-order valence-electron chi connectivity index (χ4n) is 4.20. The Kier molecular flexibility index (Phi) is 3.37. The lowest BCUT2D eigenvalue weighted by molar-refractivity contribution is 0.00623. The van der Waals surface area contributed by atoms with Gasteiger partial charge in [-0.2, -0.15) is 0 Å². The fourth-order valence-corrected chi connectivity index (χ4v) is 4.20. The smallest absolute Gasteiger partial charge is 0.411 e. The highest BCUT2D eigenvalue weighted by molar-refractivity contribution is 5.76. The Hall–Kier alpha value is -2.04. The SMILES string of the molecule is Cc1ccc2nc([C@@H]3[C@H]4CCC(C4)N3C(=O)OC(C)(C)C)[nH]c2c1. The van der Waals surface area contributed by atoms with Crippen LogP contribution in [0.5, 0.6) is 0 Å². The second-order valence-corrected chi connectivity index (χ2v) is 8.20. The Bertz CT molecular complexity index is 789. The van der Waals surface area contributed by atoms with Crippen molar-refractivity contribution in [3.63, 3.8) is 0 Å². The van der Waals surface area contributed by atoms with Gasteiger partial charge in [-0.25, -0.2) is 9.78 Å². The zero-order valence-electron chi connectivity index (χ0n) is 14.8. The molecule has 1 saturated carbocycles. The van der Waals surface area contributed by atoms with Crippen molar-refractivity contribution in [2.45, 2.75) is 64.6 Å². The summed E-state index contributed by atoms with van der Waals surface area (Å²) < 4.78 is 5.66. The lowest BCUT2D eigenvalue weighted by Gasteiger charge is -2.35. The maximum absolute atomic E-state index is 12.8. The van der Waals surface area contributed by atoms with Crippen molar-refractivity contribution in [1.29, 1.82) is 0 Å². The number of likely N-dealkylation sites (tertiary alicyclic amines) is 1. The van der Waals surface area contributed by atoms with Gasteiger partial charge < -0.3 is 9.72 Å². The predicted molar refractivity (Wildman–Crippen MR) is 92.8 cm³/mol. The third-order valence-electron chi connectivity index (χ3n) is 5.13. The number of aromatic nitrogens is 2. The van der Waals surface area contributed by atoms with Crippen LogP contribution in [0.25, 0.3) is 11.0 Å². The van der Waals surface area contributed by atoms with E-state index in [-0.39, 0.29) is 18.2 Å². The highest BCUT2D eigenvalue weighted by Crippen LogP contribution is 2.50. The van der Waals surface area contributed by atoms with E-state index >= 15 is 0 Å². The number of ether oxygens (including phenoxy) is 1. The van der Waals surface area contributed by atoms with Crippen LogP contribution in [-0.2, 0) is 4.74 Å². The van der Waals surface area contributed by atoms with Gasteiger partial charge in [0.1, 0.15) is 11.4 Å². The molecule has 2 heterocycles. The molecular formula is C19H25N3O2. The number of fused-ring (bicyclic) bond motifs is 3. The summed E-state index contributed by atoms with van der Waals surface area (Å²) in [6, 6.07) is 6.50. The molecule has 1 aromatic carbocycles. The Morgan fingerprint density at radius 3 is 2.88 bits per heavy atom. The number of carbonyl (C=O) groups is 1. The molecule has 2 aromatic rings. The molecule has 1 aromatic heterocycles. The third kappa shape index (κ3) is 2.56. The number of rotatable bonds is 1. The number of H-pyrrole nitrogens is 1. The number of carbonyl (C=O) groups excluding carboxylic acids is 1. The second kappa shape index (κ2) is 5.23. The van der Waals surface area contributed by atoms with E-state index in [9.17, 15) is 4.79 Å². The zero-order chi connectivity index (χ0) is 17.1. The summed E-state index contributed by atoms with van der Waals surface area (Å²) in [6.45, 7) is 7.82. The Labute approximate surface area is 142 Å². The molecular weight excluding hydrogens is 302 g/mol. The van der Waals surface area contributed by atoms with Crippen molar-refractivity contribution in [2.75, 3.05) is 0 Å². The summed E-state index contributed by atoms with van der Waals surface area (Å²) >= 11 is 0. The first kappa shape index (κ1) is 15.5. The Balaban J connectivity index is 1.69. The molecule has 0 radical (unpaired) electrons. The molecule has 1 saturated heterocycles. The van der Waals surface area contributed by atoms with E-state index in [0.717, 1.165) is 36.1 Å². The molecule has 5 nitrogen and oxygen atoms in total. The minimum atomic E-state index is -0.478. The van der Waals surface area contributed by atoms with Crippen LogP contribution >= 0.6 is 0 Å². The lowest BCUT2D eigenvalue weighted by atomic mass is 9.98. The van der Waals surface area contributed by atoms with Gasteiger partial charge in [0.25, 0.3) is 0 Å². The van der Waals surface area contributed by atoms with Gasteiger partial charge in [0.2, 0.25) is 0 Å². The number of nitrogens with zero attached hydrogens (tertiary/aromatic N) is 2. The van der Waals surface area contributed by atoms with Crippen LogP contribution in [0.4, 0.5) is 4.79 Å². The number of imidazole rings is 1. The molecule has 2 aliphatic rings. The Morgan fingerprint density at radius 2 is 2.12 bits per heavy atom. The quantitative estimate of drug-likeness (QED) is 0.848. The van der Waals surface area contributed by atoms with Crippen molar-refractivity contribution in [1.82, 2.24) is 14.9 Å². The van der Waals surface area contributed by atoms with E-state index < -0.39 is 5.60 Å². The van der Waals surface area contributed by atoms with E-state index in [1.165, 1.54) is 5.56 Å². The highest BCUT2D eigenvalue weighted by atomic mass is 16.6. The summed E-state index contributed by atoms with van der Waals surface area (Å²) in [6.07, 6.45) is 3.07. The van der Waals surface area contributed by atoms with E-state index in [0.29, 0.717) is 5.92 Å². The van der Waals surface area contributed by atoms with Crippen molar-refractivity contribution in [3.8, 4) is 0 Å². The van der Waals surface area contributed by atoms with Crippen molar-refractivity contribution < 1.29 is 9.53 Å². The van der Waals surface area contributed by atoms with Crippen molar-refractivity contribution >= 4 is 17.1 Å². The monoisotopic (exact) mass is 327 g/mol. The number of hydrogen-bond donors (Lipinski definition) is 1. The molecule has 1 aliphatic heterocycles. The van der Waals surface area contributed by atoms with Gasteiger partial charge in [-0.05, 0) is 70.6 Å². The summed E-state index contributed by atoms with van der Waals surface area (Å²) in [7, 11) is 0. The molecule has 3 atom stereocenters. The maximum atomic E-state index is 12.8. The number of aromatic amines is 1. The Morgan fingerprint density at radius 1 is 1.33 bits per heavy atom. The number of amides is 1. The summed E-state index contributed by atoms with van der Waals surface area (Å²) in [5.74, 6) is 1.37. The number of hydrogen-bond acceptors (Lipinski definition) is 3. The van der Waals surface area contributed by atoms with Gasteiger partial charge in [0.05, 0.1) is 17.1 Å². The zero-order valence-corrected chi connectivity index (χ0v) is 14.8. The molecule has 1 N–H and O–H groups in total. The average Bonchev–Trinajstić information content (AvgIpc) is 3.17. The van der Waals surface area contributed by atoms with Crippen molar-refractivity contribution in [2.24, 2.45) is 5.92 Å². The van der Waals surface area contributed by atoms with E-state index in [1.807, 2.05) is 31.7 Å². The summed E-state index contributed by atoms with van der Waals surface area (Å²) in [4.78, 5) is 22.9. The van der Waals surface area contributed by atoms with Crippen LogP contribution in [-0.4, -0.2) is 32.6 Å². The molecule has 1 amide bonds. The van der Waals surface area contributed by atoms with E-state index in [4.69, 9.17) is 9.72 Å². The van der Waals surface area contributed by atoms with Crippen LogP contribution in [0, 0.1) is 12.8 Å². The molecule has 128 valence electrons. The second-order valence-electron chi connectivity index (χ2n) is 8.20. The molecule has 1 unspecified atom stereocenters. The molecule has 4 rings (SSSR count). The van der Waals surface area contributed by atoms with Gasteiger partial charge in [-0.3, -0.25) is 4.90 Å². The minimum absolute atomic E-state index is 0.00584. The molecule has 2 fully saturated rings. The van der Waals surface area contributed by atoms with Gasteiger partial charge in [-0.1, -0.05) is 6.07 Å². The first-order valence-electron chi connectivity index (χ1n) is 8.79. The first-order chi connectivity index (χ1) is 11.3. The standard InChI is InChI=1S/C19H25N3O2/c1-11-5-8-14-15(9-11)21-17(20-14)16-12-6-7-13(10-12)22(16)18(23)24-19(2,3)4/h5,8-9,12-13,16H,6-7,10H2,1-4H3,(H,20,21)/t12-,13?,16-/m0/s1. The molecule has 1 aliphatic carbocycles. The van der Waals surface area contributed by atoms with Crippen LogP contribution in [0.1, 0.15) is 57.5 Å². The van der Waals surface area contributed by atoms with Crippen molar-refractivity contribution in [3.05, 3.63) is 29.6 Å². The highest BCUT2D eigenvalue weighted by Gasteiger charge is 2.51. The van der Waals surface area contributed by atoms with Gasteiger partial charge in [0, 0.05) is 6.04 Å². The normalized spacial score (nSPS) is 26.3. The van der Waals surface area contributed by atoms with Crippen LogP contribution < -0.4 is 0 Å². The van der Waals surface area contributed by atoms with Crippen LogP contribution in [0.15, 0.2) is 18.2 Å². The minimum Gasteiger partial charge on any atom is -0.444 e. The topological polar surface area (TPSA) is 58.2 Å². The molecule has 24 heavy (non-hydrogen) atoms. The maximum Gasteiger partial charge on any atom is 0.411 e.